The van der Waals surface area contributed by atoms with Crippen LogP contribution < -0.4 is 10.0 Å². The smallest absolute Gasteiger partial charge is 0.250 e. The summed E-state index contributed by atoms with van der Waals surface area (Å²) in [6.07, 6.45) is 2.79. The number of hydrogen-bond acceptors (Lipinski definition) is 4. The van der Waals surface area contributed by atoms with Gasteiger partial charge in [-0.1, -0.05) is 27.7 Å². The quantitative estimate of drug-likeness (QED) is 0.648. The predicted molar refractivity (Wildman–Crippen MR) is 90.4 cm³/mol. The van der Waals surface area contributed by atoms with Crippen molar-refractivity contribution >= 4 is 21.4 Å². The van der Waals surface area contributed by atoms with Crippen molar-refractivity contribution in [2.75, 3.05) is 13.1 Å². The minimum absolute atomic E-state index is 0.00762. The first-order valence-corrected chi connectivity index (χ1v) is 10.0. The molecule has 122 valence electrons. The van der Waals surface area contributed by atoms with Gasteiger partial charge in [-0.2, -0.15) is 0 Å². The largest absolute Gasteiger partial charge is 0.316 e. The Kier molecular flexibility index (Phi) is 7.87. The van der Waals surface area contributed by atoms with Gasteiger partial charge in [0.15, 0.2) is 0 Å². The zero-order chi connectivity index (χ0) is 15.9. The van der Waals surface area contributed by atoms with Gasteiger partial charge in [0, 0.05) is 10.9 Å². The van der Waals surface area contributed by atoms with E-state index in [9.17, 15) is 8.42 Å². The second-order valence-corrected chi connectivity index (χ2v) is 8.71. The van der Waals surface area contributed by atoms with Crippen molar-refractivity contribution in [2.45, 2.75) is 57.2 Å². The van der Waals surface area contributed by atoms with Gasteiger partial charge >= 0.3 is 0 Å². The molecule has 1 rings (SSSR count). The normalized spacial score (nSPS) is 13.8. The highest BCUT2D eigenvalue weighted by Crippen LogP contribution is 2.23. The number of thiophene rings is 1. The minimum Gasteiger partial charge on any atom is -0.316 e. The highest BCUT2D eigenvalue weighted by Gasteiger charge is 2.22. The summed E-state index contributed by atoms with van der Waals surface area (Å²) in [5.74, 6) is 0.294. The van der Waals surface area contributed by atoms with E-state index in [1.165, 1.54) is 11.3 Å². The van der Waals surface area contributed by atoms with Crippen LogP contribution in [0.5, 0.6) is 0 Å². The van der Waals surface area contributed by atoms with Gasteiger partial charge in [0.25, 0.3) is 0 Å². The molecule has 6 heteroatoms. The van der Waals surface area contributed by atoms with Crippen molar-refractivity contribution in [3.05, 3.63) is 17.0 Å². The number of rotatable bonds is 10. The molecule has 2 N–H and O–H groups in total. The lowest BCUT2D eigenvalue weighted by molar-refractivity contribution is 0.438. The molecule has 1 unspecified atom stereocenters. The molecule has 1 atom stereocenters. The zero-order valence-electron chi connectivity index (χ0n) is 13.5. The Morgan fingerprint density at radius 2 is 1.90 bits per heavy atom. The number of nitrogens with one attached hydrogen (secondary N) is 2. The van der Waals surface area contributed by atoms with Crippen LogP contribution in [-0.2, 0) is 16.4 Å². The molecule has 0 aliphatic carbocycles. The third-order valence-corrected chi connectivity index (χ3v) is 6.55. The Morgan fingerprint density at radius 1 is 1.19 bits per heavy atom. The van der Waals surface area contributed by atoms with Crippen LogP contribution in [0.25, 0.3) is 0 Å². The van der Waals surface area contributed by atoms with E-state index < -0.39 is 10.0 Å². The summed E-state index contributed by atoms with van der Waals surface area (Å²) < 4.78 is 28.0. The predicted octanol–water partition coefficient (Wildman–Crippen LogP) is 3.00. The lowest BCUT2D eigenvalue weighted by Crippen LogP contribution is -2.37. The lowest BCUT2D eigenvalue weighted by atomic mass is 10.0. The molecule has 1 aromatic heterocycles. The SMILES string of the molecule is CCCNCCc1ccc(S(=O)(=O)NC(CC)C(C)C)s1. The maximum absolute atomic E-state index is 12.4. The van der Waals surface area contributed by atoms with Gasteiger partial charge in [0.05, 0.1) is 0 Å². The van der Waals surface area contributed by atoms with Crippen LogP contribution in [0.3, 0.4) is 0 Å². The van der Waals surface area contributed by atoms with Crippen molar-refractivity contribution < 1.29 is 8.42 Å². The summed E-state index contributed by atoms with van der Waals surface area (Å²) in [4.78, 5) is 1.11. The van der Waals surface area contributed by atoms with E-state index in [0.29, 0.717) is 10.1 Å². The third-order valence-electron chi connectivity index (χ3n) is 3.43. The Labute approximate surface area is 133 Å². The van der Waals surface area contributed by atoms with Gasteiger partial charge in [-0.25, -0.2) is 13.1 Å². The van der Waals surface area contributed by atoms with Gasteiger partial charge < -0.3 is 5.32 Å². The maximum Gasteiger partial charge on any atom is 0.250 e. The molecular formula is C15H28N2O2S2. The molecule has 0 radical (unpaired) electrons. The van der Waals surface area contributed by atoms with Crippen molar-refractivity contribution in [1.29, 1.82) is 0 Å². The van der Waals surface area contributed by atoms with Crippen LogP contribution in [-0.4, -0.2) is 27.5 Å². The Bertz CT molecular complexity index is 509. The molecule has 0 saturated carbocycles. The average molecular weight is 333 g/mol. The van der Waals surface area contributed by atoms with Crippen molar-refractivity contribution in [3.8, 4) is 0 Å². The molecule has 0 aliphatic heterocycles. The van der Waals surface area contributed by atoms with Gasteiger partial charge in [-0.3, -0.25) is 0 Å². The Morgan fingerprint density at radius 3 is 2.48 bits per heavy atom. The number of sulfonamides is 1. The minimum atomic E-state index is -3.38. The summed E-state index contributed by atoms with van der Waals surface area (Å²) in [6, 6.07) is 3.63. The first kappa shape index (κ1) is 18.6. The summed E-state index contributed by atoms with van der Waals surface area (Å²) in [5, 5.41) is 3.33. The van der Waals surface area contributed by atoms with Crippen LogP contribution in [0, 0.1) is 5.92 Å². The Balaban J connectivity index is 2.65. The standard InChI is InChI=1S/C15H28N2O2S2/c1-5-10-16-11-9-13-7-8-15(20-13)21(18,19)17-14(6-2)12(3)4/h7-8,12,14,16-17H,5-6,9-11H2,1-4H3. The zero-order valence-corrected chi connectivity index (χ0v) is 15.1. The molecule has 0 spiro atoms. The van der Waals surface area contributed by atoms with Crippen LogP contribution in [0.4, 0.5) is 0 Å². The molecule has 0 fully saturated rings. The molecule has 0 amide bonds. The Hall–Kier alpha value is -0.430. The fourth-order valence-corrected chi connectivity index (χ4v) is 4.94. The molecule has 1 aromatic rings. The van der Waals surface area contributed by atoms with E-state index in [0.717, 1.165) is 37.2 Å². The monoisotopic (exact) mass is 332 g/mol. The van der Waals surface area contributed by atoms with E-state index in [-0.39, 0.29) is 6.04 Å². The van der Waals surface area contributed by atoms with E-state index in [4.69, 9.17) is 0 Å². The summed E-state index contributed by atoms with van der Waals surface area (Å²) >= 11 is 1.37. The van der Waals surface area contributed by atoms with Crippen molar-refractivity contribution in [2.24, 2.45) is 5.92 Å². The molecule has 21 heavy (non-hydrogen) atoms. The second kappa shape index (κ2) is 8.88. The van der Waals surface area contributed by atoms with Gasteiger partial charge in [-0.15, -0.1) is 11.3 Å². The fraction of sp³-hybridized carbons (Fsp3) is 0.733. The molecule has 0 saturated heterocycles. The summed E-state index contributed by atoms with van der Waals surface area (Å²) in [7, 11) is -3.38. The van der Waals surface area contributed by atoms with E-state index in [2.05, 4.69) is 17.0 Å². The molecule has 4 nitrogen and oxygen atoms in total. The second-order valence-electron chi connectivity index (χ2n) is 5.60. The van der Waals surface area contributed by atoms with Gasteiger partial charge in [0.1, 0.15) is 4.21 Å². The lowest BCUT2D eigenvalue weighted by Gasteiger charge is -2.19. The first-order valence-electron chi connectivity index (χ1n) is 7.72. The van der Waals surface area contributed by atoms with Crippen molar-refractivity contribution in [3.63, 3.8) is 0 Å². The van der Waals surface area contributed by atoms with E-state index in [1.54, 1.807) is 6.07 Å². The first-order chi connectivity index (χ1) is 9.90. The highest BCUT2D eigenvalue weighted by atomic mass is 32.2. The summed E-state index contributed by atoms with van der Waals surface area (Å²) in [5.41, 5.74) is 0. The molecule has 0 bridgehead atoms. The highest BCUT2D eigenvalue weighted by molar-refractivity contribution is 7.91. The molecule has 0 aromatic carbocycles. The third kappa shape index (κ3) is 6.06. The number of hydrogen-bond donors (Lipinski definition) is 2. The average Bonchev–Trinajstić information content (AvgIpc) is 2.90. The van der Waals surface area contributed by atoms with Gasteiger partial charge in [0.2, 0.25) is 10.0 Å². The van der Waals surface area contributed by atoms with E-state index in [1.807, 2.05) is 26.8 Å². The van der Waals surface area contributed by atoms with Crippen LogP contribution in [0.15, 0.2) is 16.3 Å². The fourth-order valence-electron chi connectivity index (χ4n) is 2.10. The van der Waals surface area contributed by atoms with Gasteiger partial charge in [-0.05, 0) is 50.4 Å². The topological polar surface area (TPSA) is 58.2 Å². The van der Waals surface area contributed by atoms with Crippen LogP contribution >= 0.6 is 11.3 Å². The van der Waals surface area contributed by atoms with Crippen LogP contribution in [0.1, 0.15) is 45.4 Å². The molecular weight excluding hydrogens is 304 g/mol. The summed E-state index contributed by atoms with van der Waals surface area (Å²) in [6.45, 7) is 10.1. The molecule has 1 heterocycles. The van der Waals surface area contributed by atoms with Crippen LogP contribution in [0.2, 0.25) is 0 Å². The maximum atomic E-state index is 12.4. The van der Waals surface area contributed by atoms with Crippen molar-refractivity contribution in [1.82, 2.24) is 10.0 Å². The van der Waals surface area contributed by atoms with E-state index >= 15 is 0 Å². The molecule has 0 aliphatic rings.